The maximum Gasteiger partial charge on any atom is 0.246 e. The van der Waals surface area contributed by atoms with Gasteiger partial charge in [-0.05, 0) is 31.6 Å². The lowest BCUT2D eigenvalue weighted by Gasteiger charge is -2.16. The fourth-order valence-electron chi connectivity index (χ4n) is 2.47. The van der Waals surface area contributed by atoms with E-state index in [0.717, 1.165) is 24.5 Å². The zero-order chi connectivity index (χ0) is 13.8. The van der Waals surface area contributed by atoms with Crippen molar-refractivity contribution in [2.45, 2.75) is 37.8 Å². The third kappa shape index (κ3) is 3.77. The summed E-state index contributed by atoms with van der Waals surface area (Å²) in [6.07, 6.45) is 6.42. The molecule has 1 aromatic rings. The van der Waals surface area contributed by atoms with Crippen molar-refractivity contribution in [3.05, 3.63) is 16.6 Å². The molecule has 1 aromatic heterocycles. The number of carbonyl (C=O) groups excluding carboxylic acids is 1. The largest absolute Gasteiger partial charge is 0.376 e. The molecule has 2 atom stereocenters. The van der Waals surface area contributed by atoms with Crippen LogP contribution in [0.15, 0.2) is 11.6 Å². The van der Waals surface area contributed by atoms with Crippen LogP contribution in [0.5, 0.6) is 0 Å². The van der Waals surface area contributed by atoms with E-state index in [4.69, 9.17) is 9.47 Å². The van der Waals surface area contributed by atoms with Crippen molar-refractivity contribution in [1.29, 1.82) is 0 Å². The Morgan fingerprint density at radius 3 is 3.10 bits per heavy atom. The van der Waals surface area contributed by atoms with E-state index >= 15 is 0 Å². The number of hydrogen-bond acceptors (Lipinski definition) is 5. The normalized spacial score (nSPS) is 23.7. The SMILES string of the molecule is O=C(COC[C@H]1CCCO1)N[C@@H](c1nccs1)C1CC1. The van der Waals surface area contributed by atoms with E-state index in [1.54, 1.807) is 17.5 Å². The van der Waals surface area contributed by atoms with Crippen LogP contribution in [0.4, 0.5) is 0 Å². The van der Waals surface area contributed by atoms with Gasteiger partial charge in [0.15, 0.2) is 0 Å². The highest BCUT2D eigenvalue weighted by Crippen LogP contribution is 2.41. The maximum absolute atomic E-state index is 12.0. The lowest BCUT2D eigenvalue weighted by atomic mass is 10.2. The first kappa shape index (κ1) is 14.0. The van der Waals surface area contributed by atoms with E-state index in [-0.39, 0.29) is 24.7 Å². The molecular formula is C14H20N2O3S. The fraction of sp³-hybridized carbons (Fsp3) is 0.714. The molecule has 1 saturated carbocycles. The molecule has 0 radical (unpaired) electrons. The van der Waals surface area contributed by atoms with Crippen molar-refractivity contribution in [2.24, 2.45) is 5.92 Å². The highest BCUT2D eigenvalue weighted by molar-refractivity contribution is 7.09. The average molecular weight is 296 g/mol. The van der Waals surface area contributed by atoms with Crippen molar-refractivity contribution in [2.75, 3.05) is 19.8 Å². The Kier molecular flexibility index (Phi) is 4.65. The lowest BCUT2D eigenvalue weighted by Crippen LogP contribution is -2.33. The van der Waals surface area contributed by atoms with E-state index in [0.29, 0.717) is 12.5 Å². The number of nitrogens with zero attached hydrogens (tertiary/aromatic N) is 1. The molecule has 20 heavy (non-hydrogen) atoms. The summed E-state index contributed by atoms with van der Waals surface area (Å²) in [6, 6.07) is 0.0637. The highest BCUT2D eigenvalue weighted by atomic mass is 32.1. The number of amides is 1. The van der Waals surface area contributed by atoms with Crippen LogP contribution in [-0.4, -0.2) is 36.8 Å². The minimum atomic E-state index is -0.0601. The smallest absolute Gasteiger partial charge is 0.246 e. The molecule has 0 aromatic carbocycles. The molecule has 2 aliphatic rings. The van der Waals surface area contributed by atoms with Gasteiger partial charge in [0.05, 0.1) is 18.8 Å². The molecule has 1 aliphatic carbocycles. The molecule has 2 fully saturated rings. The summed E-state index contributed by atoms with van der Waals surface area (Å²) in [6.45, 7) is 1.43. The van der Waals surface area contributed by atoms with Gasteiger partial charge in [0.25, 0.3) is 0 Å². The minimum absolute atomic E-state index is 0.0601. The van der Waals surface area contributed by atoms with Crippen LogP contribution in [-0.2, 0) is 14.3 Å². The second-order valence-corrected chi connectivity index (χ2v) is 6.33. The fourth-order valence-corrected chi connectivity index (χ4v) is 3.25. The number of carbonyl (C=O) groups is 1. The van der Waals surface area contributed by atoms with Crippen LogP contribution < -0.4 is 5.32 Å². The van der Waals surface area contributed by atoms with Crippen LogP contribution in [0.3, 0.4) is 0 Å². The van der Waals surface area contributed by atoms with Crippen molar-refractivity contribution in [3.63, 3.8) is 0 Å². The lowest BCUT2D eigenvalue weighted by molar-refractivity contribution is -0.127. The number of nitrogens with one attached hydrogen (secondary N) is 1. The van der Waals surface area contributed by atoms with Crippen LogP contribution in [0.1, 0.15) is 36.7 Å². The van der Waals surface area contributed by atoms with Gasteiger partial charge in [-0.25, -0.2) is 4.98 Å². The van der Waals surface area contributed by atoms with Gasteiger partial charge in [-0.2, -0.15) is 0 Å². The van der Waals surface area contributed by atoms with Gasteiger partial charge in [0.2, 0.25) is 5.91 Å². The summed E-state index contributed by atoms with van der Waals surface area (Å²) in [5.74, 6) is 0.485. The number of hydrogen-bond donors (Lipinski definition) is 1. The third-order valence-corrected chi connectivity index (χ3v) is 4.55. The van der Waals surface area contributed by atoms with Gasteiger partial charge in [0.1, 0.15) is 11.6 Å². The first-order chi connectivity index (χ1) is 9.83. The molecule has 110 valence electrons. The van der Waals surface area contributed by atoms with E-state index < -0.39 is 0 Å². The molecule has 0 bridgehead atoms. The van der Waals surface area contributed by atoms with Crippen molar-refractivity contribution >= 4 is 17.2 Å². The van der Waals surface area contributed by atoms with E-state index in [9.17, 15) is 4.79 Å². The monoisotopic (exact) mass is 296 g/mol. The summed E-state index contributed by atoms with van der Waals surface area (Å²) in [5, 5.41) is 6.00. The predicted octanol–water partition coefficient (Wildman–Crippen LogP) is 1.91. The summed E-state index contributed by atoms with van der Waals surface area (Å²) >= 11 is 1.60. The number of thiazole rings is 1. The minimum Gasteiger partial charge on any atom is -0.376 e. The molecule has 5 nitrogen and oxygen atoms in total. The highest BCUT2D eigenvalue weighted by Gasteiger charge is 2.34. The van der Waals surface area contributed by atoms with Crippen molar-refractivity contribution < 1.29 is 14.3 Å². The molecule has 0 unspecified atom stereocenters. The van der Waals surface area contributed by atoms with Gasteiger partial charge >= 0.3 is 0 Å². The van der Waals surface area contributed by atoms with Gasteiger partial charge in [-0.15, -0.1) is 11.3 Å². The molecule has 3 rings (SSSR count). The zero-order valence-electron chi connectivity index (χ0n) is 11.4. The number of rotatable bonds is 7. The van der Waals surface area contributed by atoms with Crippen molar-refractivity contribution in [3.8, 4) is 0 Å². The number of ether oxygens (including phenoxy) is 2. The first-order valence-corrected chi connectivity index (χ1v) is 8.09. The van der Waals surface area contributed by atoms with E-state index in [1.165, 1.54) is 12.8 Å². The summed E-state index contributed by atoms with van der Waals surface area (Å²) in [5.41, 5.74) is 0. The standard InChI is InChI=1S/C14H20N2O3S/c17-12(9-18-8-11-2-1-6-19-11)16-13(10-3-4-10)14-15-5-7-20-14/h5,7,10-11,13H,1-4,6,8-9H2,(H,16,17)/t11-,13-/m1/s1. The first-order valence-electron chi connectivity index (χ1n) is 7.21. The second kappa shape index (κ2) is 6.65. The van der Waals surface area contributed by atoms with Gasteiger partial charge < -0.3 is 14.8 Å². The van der Waals surface area contributed by atoms with Crippen LogP contribution in [0.25, 0.3) is 0 Å². The molecule has 0 spiro atoms. The maximum atomic E-state index is 12.0. The van der Waals surface area contributed by atoms with E-state index in [1.807, 2.05) is 5.38 Å². The Morgan fingerprint density at radius 2 is 2.45 bits per heavy atom. The van der Waals surface area contributed by atoms with Crippen LogP contribution in [0, 0.1) is 5.92 Å². The van der Waals surface area contributed by atoms with Gasteiger partial charge in [0, 0.05) is 18.2 Å². The molecule has 1 saturated heterocycles. The molecular weight excluding hydrogens is 276 g/mol. The van der Waals surface area contributed by atoms with Gasteiger partial charge in [-0.1, -0.05) is 0 Å². The Balaban J connectivity index is 1.42. The molecule has 1 aliphatic heterocycles. The van der Waals surface area contributed by atoms with Crippen LogP contribution >= 0.6 is 11.3 Å². The van der Waals surface area contributed by atoms with Gasteiger partial charge in [-0.3, -0.25) is 4.79 Å². The predicted molar refractivity (Wildman–Crippen MR) is 75.5 cm³/mol. The molecule has 2 heterocycles. The number of aromatic nitrogens is 1. The Bertz CT molecular complexity index is 428. The van der Waals surface area contributed by atoms with Crippen LogP contribution in [0.2, 0.25) is 0 Å². The topological polar surface area (TPSA) is 60.5 Å². The average Bonchev–Trinajstić information content (AvgIpc) is 2.93. The Morgan fingerprint density at radius 1 is 1.55 bits per heavy atom. The van der Waals surface area contributed by atoms with E-state index in [2.05, 4.69) is 10.3 Å². The molecule has 1 amide bonds. The summed E-state index contributed by atoms with van der Waals surface area (Å²) in [7, 11) is 0. The molecule has 1 N–H and O–H groups in total. The van der Waals surface area contributed by atoms with Crippen molar-refractivity contribution in [1.82, 2.24) is 10.3 Å². The third-order valence-electron chi connectivity index (χ3n) is 3.69. The Hall–Kier alpha value is -0.980. The quantitative estimate of drug-likeness (QED) is 0.835. The Labute approximate surface area is 122 Å². The zero-order valence-corrected chi connectivity index (χ0v) is 12.2. The summed E-state index contributed by atoms with van der Waals surface area (Å²) < 4.78 is 10.9. The second-order valence-electron chi connectivity index (χ2n) is 5.40. The summed E-state index contributed by atoms with van der Waals surface area (Å²) in [4.78, 5) is 16.3. The molecule has 6 heteroatoms.